The molecule has 0 spiro atoms. The highest BCUT2D eigenvalue weighted by atomic mass is 79.9. The summed E-state index contributed by atoms with van der Waals surface area (Å²) in [4.78, 5) is 7.20. The highest BCUT2D eigenvalue weighted by Gasteiger charge is 2.09. The van der Waals surface area contributed by atoms with Crippen molar-refractivity contribution >= 4 is 27.0 Å². The molecule has 0 aliphatic heterocycles. The molecular formula is C9H9BrFN3. The zero-order valence-corrected chi connectivity index (χ0v) is 9.10. The lowest BCUT2D eigenvalue weighted by atomic mass is 10.3. The van der Waals surface area contributed by atoms with Crippen LogP contribution in [0.4, 0.5) is 4.39 Å². The number of imidazole rings is 1. The highest BCUT2D eigenvalue weighted by Crippen LogP contribution is 2.22. The van der Waals surface area contributed by atoms with E-state index in [0.717, 1.165) is 0 Å². The van der Waals surface area contributed by atoms with Gasteiger partial charge in [-0.3, -0.25) is 0 Å². The van der Waals surface area contributed by atoms with Crippen LogP contribution in [0.15, 0.2) is 16.6 Å². The predicted octanol–water partition coefficient (Wildman–Crippen LogP) is 2.48. The number of rotatable bonds is 1. The Kier molecular flexibility index (Phi) is 2.28. The van der Waals surface area contributed by atoms with E-state index in [2.05, 4.69) is 25.9 Å². The molecule has 14 heavy (non-hydrogen) atoms. The first-order valence-corrected chi connectivity index (χ1v) is 4.97. The van der Waals surface area contributed by atoms with Gasteiger partial charge in [-0.15, -0.1) is 0 Å². The second-order valence-electron chi connectivity index (χ2n) is 3.19. The fraction of sp³-hybridized carbons (Fsp3) is 0.222. The number of nitrogens with one attached hydrogen (secondary N) is 1. The van der Waals surface area contributed by atoms with Crippen molar-refractivity contribution in [3.63, 3.8) is 0 Å². The van der Waals surface area contributed by atoms with Crippen molar-refractivity contribution in [2.24, 2.45) is 5.73 Å². The normalized spacial score (nSPS) is 13.4. The molecule has 74 valence electrons. The Morgan fingerprint density at radius 1 is 1.57 bits per heavy atom. The lowest BCUT2D eigenvalue weighted by Gasteiger charge is -1.96. The van der Waals surface area contributed by atoms with Gasteiger partial charge in [0, 0.05) is 6.07 Å². The molecule has 2 aromatic rings. The third kappa shape index (κ3) is 1.53. The summed E-state index contributed by atoms with van der Waals surface area (Å²) >= 11 is 3.10. The smallest absolute Gasteiger partial charge is 0.139 e. The van der Waals surface area contributed by atoms with Crippen LogP contribution < -0.4 is 5.73 Å². The molecule has 0 bridgehead atoms. The summed E-state index contributed by atoms with van der Waals surface area (Å²) in [5.41, 5.74) is 7.03. The van der Waals surface area contributed by atoms with Crippen LogP contribution in [0.1, 0.15) is 18.8 Å². The number of fused-ring (bicyclic) bond motifs is 1. The Hall–Kier alpha value is -0.940. The van der Waals surface area contributed by atoms with Gasteiger partial charge in [0.1, 0.15) is 11.6 Å². The molecule has 1 aromatic heterocycles. The summed E-state index contributed by atoms with van der Waals surface area (Å²) in [5, 5.41) is 0. The van der Waals surface area contributed by atoms with E-state index in [9.17, 15) is 4.39 Å². The monoisotopic (exact) mass is 257 g/mol. The molecule has 2 rings (SSSR count). The number of hydrogen-bond donors (Lipinski definition) is 2. The van der Waals surface area contributed by atoms with Gasteiger partial charge in [0.15, 0.2) is 0 Å². The van der Waals surface area contributed by atoms with E-state index in [1.165, 1.54) is 6.07 Å². The second kappa shape index (κ2) is 3.33. The summed E-state index contributed by atoms with van der Waals surface area (Å²) in [5.74, 6) is 0.356. The number of hydrogen-bond acceptors (Lipinski definition) is 2. The van der Waals surface area contributed by atoms with Crippen LogP contribution in [0.3, 0.4) is 0 Å². The number of nitrogens with zero attached hydrogens (tertiary/aromatic N) is 1. The molecule has 3 N–H and O–H groups in total. The van der Waals surface area contributed by atoms with E-state index < -0.39 is 0 Å². The highest BCUT2D eigenvalue weighted by molar-refractivity contribution is 9.10. The maximum absolute atomic E-state index is 13.1. The van der Waals surface area contributed by atoms with Crippen molar-refractivity contribution in [3.8, 4) is 0 Å². The molecule has 3 nitrogen and oxygen atoms in total. The van der Waals surface area contributed by atoms with Gasteiger partial charge in [-0.25, -0.2) is 9.37 Å². The number of benzene rings is 1. The Morgan fingerprint density at radius 3 is 2.93 bits per heavy atom. The predicted molar refractivity (Wildman–Crippen MR) is 56.4 cm³/mol. The average molecular weight is 258 g/mol. The Balaban J connectivity index is 2.66. The van der Waals surface area contributed by atoms with Gasteiger partial charge in [-0.1, -0.05) is 0 Å². The van der Waals surface area contributed by atoms with Crippen molar-refractivity contribution in [2.75, 3.05) is 0 Å². The molecule has 0 unspecified atom stereocenters. The quantitative estimate of drug-likeness (QED) is 0.825. The molecule has 1 heterocycles. The molecule has 0 aliphatic rings. The summed E-state index contributed by atoms with van der Waals surface area (Å²) in [7, 11) is 0. The Labute approximate surface area is 88.6 Å². The topological polar surface area (TPSA) is 54.7 Å². The zero-order valence-electron chi connectivity index (χ0n) is 7.51. The van der Waals surface area contributed by atoms with Crippen LogP contribution in [-0.4, -0.2) is 9.97 Å². The molecule has 0 radical (unpaired) electrons. The molecule has 0 saturated heterocycles. The summed E-state index contributed by atoms with van der Waals surface area (Å²) in [6.07, 6.45) is 0. The largest absolute Gasteiger partial charge is 0.341 e. The SMILES string of the molecule is C[C@H](N)c1nc2cc(Br)c(F)cc2[nH]1. The molecule has 0 saturated carbocycles. The van der Waals surface area contributed by atoms with Gasteiger partial charge >= 0.3 is 0 Å². The lowest BCUT2D eigenvalue weighted by Crippen LogP contribution is -2.06. The first kappa shape index (κ1) is 9.61. The van der Waals surface area contributed by atoms with Gasteiger partial charge in [0.05, 0.1) is 21.5 Å². The van der Waals surface area contributed by atoms with Gasteiger partial charge in [0.25, 0.3) is 0 Å². The molecular weight excluding hydrogens is 249 g/mol. The number of H-pyrrole nitrogens is 1. The van der Waals surface area contributed by atoms with E-state index in [0.29, 0.717) is 21.3 Å². The average Bonchev–Trinajstić information content (AvgIpc) is 2.48. The third-order valence-electron chi connectivity index (χ3n) is 1.97. The van der Waals surface area contributed by atoms with Crippen molar-refractivity contribution in [2.45, 2.75) is 13.0 Å². The van der Waals surface area contributed by atoms with Crippen LogP contribution in [0, 0.1) is 5.82 Å². The first-order chi connectivity index (χ1) is 6.58. The summed E-state index contributed by atoms with van der Waals surface area (Å²) in [6.45, 7) is 1.82. The zero-order chi connectivity index (χ0) is 10.3. The van der Waals surface area contributed by atoms with E-state index in [-0.39, 0.29) is 11.9 Å². The van der Waals surface area contributed by atoms with Gasteiger partial charge in [-0.2, -0.15) is 0 Å². The summed E-state index contributed by atoms with van der Waals surface area (Å²) < 4.78 is 13.5. The minimum absolute atomic E-state index is 0.177. The van der Waals surface area contributed by atoms with E-state index in [4.69, 9.17) is 5.73 Å². The number of halogens is 2. The van der Waals surface area contributed by atoms with Gasteiger partial charge in [-0.05, 0) is 28.9 Å². The van der Waals surface area contributed by atoms with Crippen molar-refractivity contribution in [1.29, 1.82) is 0 Å². The van der Waals surface area contributed by atoms with Gasteiger partial charge < -0.3 is 10.7 Å². The van der Waals surface area contributed by atoms with Gasteiger partial charge in [0.2, 0.25) is 0 Å². The van der Waals surface area contributed by atoms with Crippen LogP contribution in [0.5, 0.6) is 0 Å². The van der Waals surface area contributed by atoms with Crippen LogP contribution in [0.25, 0.3) is 11.0 Å². The van der Waals surface area contributed by atoms with Crippen LogP contribution in [-0.2, 0) is 0 Å². The first-order valence-electron chi connectivity index (χ1n) is 4.18. The summed E-state index contributed by atoms with van der Waals surface area (Å²) in [6, 6.07) is 2.86. The minimum atomic E-state index is -0.308. The van der Waals surface area contributed by atoms with Crippen molar-refractivity contribution in [1.82, 2.24) is 9.97 Å². The van der Waals surface area contributed by atoms with Crippen molar-refractivity contribution < 1.29 is 4.39 Å². The van der Waals surface area contributed by atoms with E-state index >= 15 is 0 Å². The minimum Gasteiger partial charge on any atom is -0.341 e. The van der Waals surface area contributed by atoms with Crippen molar-refractivity contribution in [3.05, 3.63) is 28.2 Å². The Bertz CT molecular complexity index is 439. The molecule has 5 heteroatoms. The lowest BCUT2D eigenvalue weighted by molar-refractivity contribution is 0.623. The molecule has 0 amide bonds. The maximum Gasteiger partial charge on any atom is 0.139 e. The number of nitrogens with two attached hydrogens (primary N) is 1. The Morgan fingerprint density at radius 2 is 2.29 bits per heavy atom. The van der Waals surface area contributed by atoms with E-state index in [1.807, 2.05) is 6.92 Å². The standard InChI is InChI=1S/C9H9BrFN3/c1-4(12)9-13-7-2-5(10)6(11)3-8(7)14-9/h2-4H,12H2,1H3,(H,13,14)/t4-/m0/s1. The molecule has 0 aliphatic carbocycles. The van der Waals surface area contributed by atoms with Crippen LogP contribution in [0.2, 0.25) is 0 Å². The molecule has 0 fully saturated rings. The van der Waals surface area contributed by atoms with Crippen LogP contribution >= 0.6 is 15.9 Å². The maximum atomic E-state index is 13.1. The molecule has 1 aromatic carbocycles. The second-order valence-corrected chi connectivity index (χ2v) is 4.05. The fourth-order valence-corrected chi connectivity index (χ4v) is 1.57. The molecule has 1 atom stereocenters. The number of aromatic amines is 1. The fourth-order valence-electron chi connectivity index (χ4n) is 1.24. The third-order valence-corrected chi connectivity index (χ3v) is 2.58. The van der Waals surface area contributed by atoms with E-state index in [1.54, 1.807) is 6.07 Å². The number of aromatic nitrogens is 2.